The van der Waals surface area contributed by atoms with Crippen LogP contribution in [0.1, 0.15) is 16.6 Å². The van der Waals surface area contributed by atoms with Gasteiger partial charge in [0.15, 0.2) is 15.6 Å². The van der Waals surface area contributed by atoms with Crippen molar-refractivity contribution in [3.05, 3.63) is 20.8 Å². The van der Waals surface area contributed by atoms with Crippen LogP contribution in [0.25, 0.3) is 0 Å². The second-order valence-corrected chi connectivity index (χ2v) is 7.77. The molecule has 1 aromatic heterocycles. The van der Waals surface area contributed by atoms with Crippen LogP contribution in [0, 0.1) is 0 Å². The Hall–Kier alpha value is -0.200. The molecule has 1 heterocycles. The monoisotopic (exact) mass is 296 g/mol. The fraction of sp³-hybridized carbons (Fsp3) is 0.375. The fourth-order valence-electron chi connectivity index (χ4n) is 0.841. The Morgan fingerprint density at radius 1 is 1.50 bits per heavy atom. The van der Waals surface area contributed by atoms with Gasteiger partial charge in [0, 0.05) is 6.26 Å². The van der Waals surface area contributed by atoms with Crippen LogP contribution in [0.3, 0.4) is 0 Å². The lowest BCUT2D eigenvalue weighted by atomic mass is 10.2. The van der Waals surface area contributed by atoms with Gasteiger partial charge in [-0.2, -0.15) is 0 Å². The maximum atomic E-state index is 11.6. The molecule has 78 valence electrons. The van der Waals surface area contributed by atoms with Gasteiger partial charge in [0.1, 0.15) is 5.25 Å². The van der Waals surface area contributed by atoms with Crippen molar-refractivity contribution in [3.63, 3.8) is 0 Å². The number of carbonyl (C=O) groups is 1. The number of ketones is 1. The molecule has 0 aliphatic rings. The van der Waals surface area contributed by atoms with E-state index in [1.54, 1.807) is 12.1 Å². The SMILES string of the molecule is CC(C(=O)c1ccc(Br)s1)S(C)(=O)=O. The number of carbonyl (C=O) groups excluding carboxylic acids is 1. The normalized spacial score (nSPS) is 13.9. The quantitative estimate of drug-likeness (QED) is 0.803. The Kier molecular flexibility index (Phi) is 3.49. The molecule has 1 unspecified atom stereocenters. The zero-order valence-electron chi connectivity index (χ0n) is 7.65. The Balaban J connectivity index is 2.98. The van der Waals surface area contributed by atoms with Gasteiger partial charge in [-0.3, -0.25) is 4.79 Å². The standard InChI is InChI=1S/C8H9BrO3S2/c1-5(14(2,11)12)8(10)6-3-4-7(9)13-6/h3-5H,1-2H3. The molecule has 0 aliphatic heterocycles. The lowest BCUT2D eigenvalue weighted by Crippen LogP contribution is -2.25. The van der Waals surface area contributed by atoms with Crippen LogP contribution in [0.4, 0.5) is 0 Å². The number of halogens is 1. The molecule has 0 radical (unpaired) electrons. The molecule has 1 aromatic rings. The third-order valence-corrected chi connectivity index (χ3v) is 4.96. The molecule has 0 spiro atoms. The topological polar surface area (TPSA) is 51.2 Å². The first-order valence-corrected chi connectivity index (χ1v) is 7.37. The maximum Gasteiger partial charge on any atom is 0.190 e. The molecule has 1 atom stereocenters. The first-order chi connectivity index (χ1) is 6.32. The van der Waals surface area contributed by atoms with Gasteiger partial charge in [-0.05, 0) is 35.0 Å². The molecule has 0 saturated carbocycles. The zero-order chi connectivity index (χ0) is 10.9. The third kappa shape index (κ3) is 2.65. The van der Waals surface area contributed by atoms with E-state index >= 15 is 0 Å². The van der Waals surface area contributed by atoms with Crippen molar-refractivity contribution in [2.24, 2.45) is 0 Å². The van der Waals surface area contributed by atoms with Crippen molar-refractivity contribution in [1.82, 2.24) is 0 Å². The van der Waals surface area contributed by atoms with Crippen molar-refractivity contribution in [2.75, 3.05) is 6.26 Å². The molecule has 14 heavy (non-hydrogen) atoms. The Morgan fingerprint density at radius 2 is 2.07 bits per heavy atom. The van der Waals surface area contributed by atoms with E-state index in [9.17, 15) is 13.2 Å². The predicted octanol–water partition coefficient (Wildman–Crippen LogP) is 2.13. The molecule has 0 bridgehead atoms. The van der Waals surface area contributed by atoms with Gasteiger partial charge in [0.25, 0.3) is 0 Å². The van der Waals surface area contributed by atoms with E-state index in [1.165, 1.54) is 18.3 Å². The molecule has 0 N–H and O–H groups in total. The second kappa shape index (κ2) is 4.12. The molecule has 0 fully saturated rings. The van der Waals surface area contributed by atoms with Crippen LogP contribution in [0.5, 0.6) is 0 Å². The predicted molar refractivity (Wildman–Crippen MR) is 60.7 cm³/mol. The summed E-state index contributed by atoms with van der Waals surface area (Å²) >= 11 is 4.46. The first kappa shape index (κ1) is 11.9. The van der Waals surface area contributed by atoms with Crippen molar-refractivity contribution in [3.8, 4) is 0 Å². The summed E-state index contributed by atoms with van der Waals surface area (Å²) in [6.07, 6.45) is 1.07. The summed E-state index contributed by atoms with van der Waals surface area (Å²) in [6.45, 7) is 1.41. The van der Waals surface area contributed by atoms with Gasteiger partial charge < -0.3 is 0 Å². The van der Waals surface area contributed by atoms with Gasteiger partial charge >= 0.3 is 0 Å². The number of hydrogen-bond donors (Lipinski definition) is 0. The lowest BCUT2D eigenvalue weighted by molar-refractivity contribution is 0.0995. The van der Waals surface area contributed by atoms with Crippen molar-refractivity contribution < 1.29 is 13.2 Å². The number of rotatable bonds is 3. The van der Waals surface area contributed by atoms with Crippen LogP contribution in [0.2, 0.25) is 0 Å². The summed E-state index contributed by atoms with van der Waals surface area (Å²) < 4.78 is 23.1. The minimum absolute atomic E-state index is 0.344. The largest absolute Gasteiger partial charge is 0.292 e. The molecule has 0 aliphatic carbocycles. The molecular formula is C8H9BrO3S2. The Morgan fingerprint density at radius 3 is 2.43 bits per heavy atom. The highest BCUT2D eigenvalue weighted by Gasteiger charge is 2.25. The third-order valence-electron chi connectivity index (χ3n) is 1.83. The highest BCUT2D eigenvalue weighted by Crippen LogP contribution is 2.24. The minimum Gasteiger partial charge on any atom is -0.292 e. The van der Waals surface area contributed by atoms with E-state index in [2.05, 4.69) is 15.9 Å². The van der Waals surface area contributed by atoms with E-state index in [4.69, 9.17) is 0 Å². The molecule has 1 rings (SSSR count). The Labute approximate surface area is 95.2 Å². The molecular weight excluding hydrogens is 288 g/mol. The summed E-state index contributed by atoms with van der Waals surface area (Å²) in [5.41, 5.74) is 0. The number of thiophene rings is 1. The smallest absolute Gasteiger partial charge is 0.190 e. The van der Waals surface area contributed by atoms with Crippen LogP contribution in [-0.2, 0) is 9.84 Å². The minimum atomic E-state index is -3.30. The Bertz CT molecular complexity index is 447. The van der Waals surface area contributed by atoms with Crippen molar-refractivity contribution in [1.29, 1.82) is 0 Å². The fourth-order valence-corrected chi connectivity index (χ4v) is 2.85. The zero-order valence-corrected chi connectivity index (χ0v) is 10.9. The van der Waals surface area contributed by atoms with E-state index in [0.29, 0.717) is 4.88 Å². The van der Waals surface area contributed by atoms with E-state index < -0.39 is 15.1 Å². The highest BCUT2D eigenvalue weighted by molar-refractivity contribution is 9.11. The number of sulfone groups is 1. The molecule has 3 nitrogen and oxygen atoms in total. The summed E-state index contributed by atoms with van der Waals surface area (Å²) in [5, 5.41) is -0.965. The summed E-state index contributed by atoms with van der Waals surface area (Å²) in [5.74, 6) is -0.344. The number of Topliss-reactive ketones (excluding diaryl/α,β-unsaturated/α-hetero) is 1. The van der Waals surface area contributed by atoms with Crippen molar-refractivity contribution in [2.45, 2.75) is 12.2 Å². The lowest BCUT2D eigenvalue weighted by Gasteiger charge is -2.05. The van der Waals surface area contributed by atoms with Gasteiger partial charge in [0.05, 0.1) is 8.66 Å². The van der Waals surface area contributed by atoms with Gasteiger partial charge in [-0.1, -0.05) is 0 Å². The van der Waals surface area contributed by atoms with Crippen LogP contribution in [0.15, 0.2) is 15.9 Å². The highest BCUT2D eigenvalue weighted by atomic mass is 79.9. The van der Waals surface area contributed by atoms with E-state index in [1.807, 2.05) is 0 Å². The average Bonchev–Trinajstić information content (AvgIpc) is 2.47. The van der Waals surface area contributed by atoms with Gasteiger partial charge in [0.2, 0.25) is 0 Å². The number of hydrogen-bond acceptors (Lipinski definition) is 4. The molecule has 0 saturated heterocycles. The summed E-state index contributed by atoms with van der Waals surface area (Å²) in [4.78, 5) is 12.1. The van der Waals surface area contributed by atoms with Crippen molar-refractivity contribution >= 4 is 42.9 Å². The molecule has 0 aromatic carbocycles. The summed E-state index contributed by atoms with van der Waals surface area (Å²) in [6, 6.07) is 3.35. The molecule has 0 amide bonds. The van der Waals surface area contributed by atoms with E-state index in [0.717, 1.165) is 10.0 Å². The van der Waals surface area contributed by atoms with Crippen LogP contribution in [-0.4, -0.2) is 25.7 Å². The maximum absolute atomic E-state index is 11.6. The summed E-state index contributed by atoms with van der Waals surface area (Å²) in [7, 11) is -3.30. The average molecular weight is 297 g/mol. The second-order valence-electron chi connectivity index (χ2n) is 2.94. The van der Waals surface area contributed by atoms with Gasteiger partial charge in [-0.25, -0.2) is 8.42 Å². The van der Waals surface area contributed by atoms with Crippen LogP contribution < -0.4 is 0 Å². The molecule has 6 heteroatoms. The van der Waals surface area contributed by atoms with Crippen LogP contribution >= 0.6 is 27.3 Å². The van der Waals surface area contributed by atoms with E-state index in [-0.39, 0.29) is 5.78 Å². The van der Waals surface area contributed by atoms with Gasteiger partial charge in [-0.15, -0.1) is 11.3 Å². The first-order valence-electron chi connectivity index (χ1n) is 3.81.